The molecule has 0 spiro atoms. The van der Waals surface area contributed by atoms with Crippen LogP contribution >= 0.6 is 0 Å². The number of carboxylic acids is 1. The van der Waals surface area contributed by atoms with Gasteiger partial charge in [-0.25, -0.2) is 25.9 Å². The van der Waals surface area contributed by atoms with E-state index < -0.39 is 37.9 Å². The normalized spacial score (nSPS) is 13.2. The number of carbonyl (C=O) groups is 1. The molecule has 0 bridgehead atoms. The van der Waals surface area contributed by atoms with E-state index in [0.29, 0.717) is 16.6 Å². The largest absolute Gasteiger partial charge is 0.480 e. The average molecular weight is 535 g/mol. The highest BCUT2D eigenvalue weighted by Gasteiger charge is 2.26. The molecule has 0 saturated heterocycles. The lowest BCUT2D eigenvalue weighted by Crippen LogP contribution is -2.40. The fraction of sp³-hybridized carbons (Fsp3) is 0.208. The summed E-state index contributed by atoms with van der Waals surface area (Å²) in [5.74, 6) is -1.91. The average Bonchev–Trinajstić information content (AvgIpc) is 3.21. The first-order chi connectivity index (χ1) is 17.1. The molecule has 0 saturated carbocycles. The number of fused-ring (bicyclic) bond motifs is 3. The Morgan fingerprint density at radius 2 is 1.53 bits per heavy atom. The second-order valence-electron chi connectivity index (χ2n) is 8.12. The lowest BCUT2D eigenvalue weighted by molar-refractivity contribution is -0.139. The third-order valence-corrected chi connectivity index (χ3v) is 8.54. The molecule has 3 N–H and O–H groups in total. The third kappa shape index (κ3) is 5.73. The second-order valence-corrected chi connectivity index (χ2v) is 11.6. The number of unbranched alkanes of at least 4 members (excludes halogenated alkanes) is 1. The van der Waals surface area contributed by atoms with E-state index in [1.165, 1.54) is 18.2 Å². The minimum Gasteiger partial charge on any atom is -0.480 e. The van der Waals surface area contributed by atoms with Crippen molar-refractivity contribution in [1.29, 1.82) is 0 Å². The molecule has 0 aliphatic rings. The summed E-state index contributed by atoms with van der Waals surface area (Å²) < 4.78 is 73.6. The maximum atomic E-state index is 13.0. The SMILES string of the molecule is O=C(O)C(CCCCNS(=O)(=O)c1ccc(F)cc1)NS(=O)(=O)c1ccc2oc3ccccc3c2c1. The van der Waals surface area contributed by atoms with E-state index in [1.54, 1.807) is 24.3 Å². The lowest BCUT2D eigenvalue weighted by Gasteiger charge is -2.15. The summed E-state index contributed by atoms with van der Waals surface area (Å²) in [6.45, 7) is 0.00301. The molecule has 4 rings (SSSR count). The summed E-state index contributed by atoms with van der Waals surface area (Å²) in [5, 5.41) is 10.9. The molecule has 0 aliphatic heterocycles. The van der Waals surface area contributed by atoms with Crippen LogP contribution in [-0.4, -0.2) is 40.5 Å². The molecule has 1 atom stereocenters. The smallest absolute Gasteiger partial charge is 0.321 e. The van der Waals surface area contributed by atoms with E-state index >= 15 is 0 Å². The number of hydrogen-bond donors (Lipinski definition) is 3. The molecule has 12 heteroatoms. The fourth-order valence-electron chi connectivity index (χ4n) is 3.74. The van der Waals surface area contributed by atoms with Crippen molar-refractivity contribution in [2.45, 2.75) is 35.1 Å². The van der Waals surface area contributed by atoms with E-state index in [1.807, 2.05) is 0 Å². The zero-order valence-corrected chi connectivity index (χ0v) is 20.5. The summed E-state index contributed by atoms with van der Waals surface area (Å²) in [7, 11) is -8.00. The molecule has 4 aromatic rings. The number of benzene rings is 3. The molecule has 0 aliphatic carbocycles. The maximum absolute atomic E-state index is 13.0. The molecule has 1 heterocycles. The summed E-state index contributed by atoms with van der Waals surface area (Å²) >= 11 is 0. The Balaban J connectivity index is 1.37. The Morgan fingerprint density at radius 1 is 0.861 bits per heavy atom. The van der Waals surface area contributed by atoms with Gasteiger partial charge in [0.25, 0.3) is 0 Å². The van der Waals surface area contributed by atoms with E-state index in [0.717, 1.165) is 29.7 Å². The van der Waals surface area contributed by atoms with Crippen molar-refractivity contribution >= 4 is 48.0 Å². The Kier molecular flexibility index (Phi) is 7.41. The Hall–Kier alpha value is -3.32. The van der Waals surface area contributed by atoms with Crippen LogP contribution in [0.25, 0.3) is 21.9 Å². The monoisotopic (exact) mass is 534 g/mol. The highest BCUT2D eigenvalue weighted by molar-refractivity contribution is 7.89. The third-order valence-electron chi connectivity index (χ3n) is 5.59. The molecule has 0 radical (unpaired) electrons. The summed E-state index contributed by atoms with van der Waals surface area (Å²) in [4.78, 5) is 11.5. The van der Waals surface area contributed by atoms with Crippen LogP contribution in [0.5, 0.6) is 0 Å². The van der Waals surface area contributed by atoms with Crippen molar-refractivity contribution in [3.8, 4) is 0 Å². The molecule has 1 aromatic heterocycles. The van der Waals surface area contributed by atoms with Crippen molar-refractivity contribution in [2.24, 2.45) is 0 Å². The predicted molar refractivity (Wildman–Crippen MR) is 131 cm³/mol. The highest BCUT2D eigenvalue weighted by atomic mass is 32.2. The van der Waals surface area contributed by atoms with Gasteiger partial charge in [-0.05, 0) is 67.8 Å². The molecular formula is C24H23FN2O7S2. The van der Waals surface area contributed by atoms with Gasteiger partial charge in [-0.15, -0.1) is 0 Å². The van der Waals surface area contributed by atoms with Crippen LogP contribution in [-0.2, 0) is 24.8 Å². The van der Waals surface area contributed by atoms with E-state index in [9.17, 15) is 31.1 Å². The van der Waals surface area contributed by atoms with Crippen LogP contribution in [0.2, 0.25) is 0 Å². The Morgan fingerprint density at radius 3 is 2.25 bits per heavy atom. The van der Waals surface area contributed by atoms with Gasteiger partial charge in [-0.3, -0.25) is 4.79 Å². The first kappa shape index (κ1) is 25.8. The highest BCUT2D eigenvalue weighted by Crippen LogP contribution is 2.30. The van der Waals surface area contributed by atoms with Gasteiger partial charge in [-0.2, -0.15) is 4.72 Å². The minimum atomic E-state index is -4.16. The number of sulfonamides is 2. The predicted octanol–water partition coefficient (Wildman–Crippen LogP) is 3.61. The van der Waals surface area contributed by atoms with Crippen molar-refractivity contribution in [3.05, 3.63) is 72.5 Å². The van der Waals surface area contributed by atoms with Crippen molar-refractivity contribution in [3.63, 3.8) is 0 Å². The van der Waals surface area contributed by atoms with Crippen LogP contribution in [0.1, 0.15) is 19.3 Å². The van der Waals surface area contributed by atoms with Crippen LogP contribution in [0.15, 0.2) is 80.9 Å². The first-order valence-corrected chi connectivity index (χ1v) is 14.0. The molecular weight excluding hydrogens is 511 g/mol. The van der Waals surface area contributed by atoms with Gasteiger partial charge >= 0.3 is 5.97 Å². The summed E-state index contributed by atoms with van der Waals surface area (Å²) in [5.41, 5.74) is 1.11. The second kappa shape index (κ2) is 10.3. The van der Waals surface area contributed by atoms with Gasteiger partial charge in [-0.1, -0.05) is 18.2 Å². The number of halogens is 1. The number of hydrogen-bond acceptors (Lipinski definition) is 6. The van der Waals surface area contributed by atoms with Gasteiger partial charge < -0.3 is 9.52 Å². The molecule has 1 unspecified atom stereocenters. The number of rotatable bonds is 11. The van der Waals surface area contributed by atoms with Crippen molar-refractivity contribution in [1.82, 2.24) is 9.44 Å². The van der Waals surface area contributed by atoms with E-state index in [2.05, 4.69) is 9.44 Å². The standard InChI is InChI=1S/C24H23FN2O7S2/c25-16-8-10-17(11-9-16)35(30,31)26-14-4-3-6-21(24(28)29)27-36(32,33)18-12-13-23-20(15-18)19-5-1-2-7-22(19)34-23/h1-2,5,7-13,15,21,26-27H,3-4,6,14H2,(H,28,29). The summed E-state index contributed by atoms with van der Waals surface area (Å²) in [6, 6.07) is 14.4. The van der Waals surface area contributed by atoms with Crippen LogP contribution in [0.3, 0.4) is 0 Å². The Labute approximate surface area is 207 Å². The number of nitrogens with one attached hydrogen (secondary N) is 2. The minimum absolute atomic E-state index is 0.00301. The Bertz CT molecular complexity index is 1620. The van der Waals surface area contributed by atoms with Crippen molar-refractivity contribution in [2.75, 3.05) is 6.54 Å². The number of aliphatic carboxylic acids is 1. The van der Waals surface area contributed by atoms with E-state index in [4.69, 9.17) is 4.42 Å². The van der Waals surface area contributed by atoms with Gasteiger partial charge in [0.1, 0.15) is 23.0 Å². The van der Waals surface area contributed by atoms with Crippen LogP contribution < -0.4 is 9.44 Å². The van der Waals surface area contributed by atoms with Gasteiger partial charge in [0, 0.05) is 17.3 Å². The summed E-state index contributed by atoms with van der Waals surface area (Å²) in [6.07, 6.45) is 0.444. The quantitative estimate of drug-likeness (QED) is 0.250. The van der Waals surface area contributed by atoms with Crippen molar-refractivity contribution < 1.29 is 35.5 Å². The first-order valence-electron chi connectivity index (χ1n) is 11.0. The number of carboxylic acid groups (broad SMARTS) is 1. The molecule has 190 valence electrons. The van der Waals surface area contributed by atoms with Crippen LogP contribution in [0.4, 0.5) is 4.39 Å². The zero-order chi connectivity index (χ0) is 25.9. The lowest BCUT2D eigenvalue weighted by atomic mass is 10.1. The number of furan rings is 1. The zero-order valence-electron chi connectivity index (χ0n) is 18.8. The fourth-order valence-corrected chi connectivity index (χ4v) is 6.06. The van der Waals surface area contributed by atoms with Gasteiger partial charge in [0.15, 0.2) is 0 Å². The van der Waals surface area contributed by atoms with Crippen LogP contribution in [0, 0.1) is 5.82 Å². The molecule has 0 amide bonds. The maximum Gasteiger partial charge on any atom is 0.321 e. The number of para-hydroxylation sites is 1. The molecule has 3 aromatic carbocycles. The molecule has 9 nitrogen and oxygen atoms in total. The molecule has 36 heavy (non-hydrogen) atoms. The van der Waals surface area contributed by atoms with Gasteiger partial charge in [0.2, 0.25) is 20.0 Å². The van der Waals surface area contributed by atoms with Gasteiger partial charge in [0.05, 0.1) is 9.79 Å². The van der Waals surface area contributed by atoms with E-state index in [-0.39, 0.29) is 35.6 Å². The topological polar surface area (TPSA) is 143 Å². The molecule has 0 fully saturated rings.